The summed E-state index contributed by atoms with van der Waals surface area (Å²) in [7, 11) is 0. The fraction of sp³-hybridized carbons (Fsp3) is 0.375. The van der Waals surface area contributed by atoms with Gasteiger partial charge < -0.3 is 5.32 Å². The highest BCUT2D eigenvalue weighted by molar-refractivity contribution is 7.10. The summed E-state index contributed by atoms with van der Waals surface area (Å²) in [5.74, 6) is 0.573. The van der Waals surface area contributed by atoms with E-state index in [0.29, 0.717) is 12.0 Å². The van der Waals surface area contributed by atoms with Crippen LogP contribution < -0.4 is 5.32 Å². The van der Waals surface area contributed by atoms with Crippen molar-refractivity contribution in [3.8, 4) is 0 Å². The third-order valence-electron chi connectivity index (χ3n) is 3.21. The van der Waals surface area contributed by atoms with E-state index >= 15 is 0 Å². The molecule has 1 aromatic carbocycles. The maximum absolute atomic E-state index is 3.69. The van der Waals surface area contributed by atoms with Gasteiger partial charge in [0.05, 0.1) is 6.04 Å². The Bertz CT molecular complexity index is 500. The molecule has 96 valence electrons. The van der Waals surface area contributed by atoms with E-state index in [4.69, 9.17) is 0 Å². The first-order valence-electron chi connectivity index (χ1n) is 6.45. The highest BCUT2D eigenvalue weighted by Gasteiger charge is 2.17. The fourth-order valence-corrected chi connectivity index (χ4v) is 3.13. The largest absolute Gasteiger partial charge is 0.377 e. The van der Waals surface area contributed by atoms with Crippen molar-refractivity contribution < 1.29 is 0 Å². The summed E-state index contributed by atoms with van der Waals surface area (Å²) in [6, 6.07) is 11.3. The Balaban J connectivity index is 2.24. The number of rotatable bonds is 4. The number of hydrogen-bond donors (Lipinski definition) is 1. The van der Waals surface area contributed by atoms with E-state index < -0.39 is 0 Å². The van der Waals surface area contributed by atoms with Gasteiger partial charge in [0.1, 0.15) is 0 Å². The second kappa shape index (κ2) is 5.57. The number of aryl methyl sites for hydroxylation is 2. The second-order valence-corrected chi connectivity index (χ2v) is 6.18. The average molecular weight is 259 g/mol. The Labute approximate surface area is 114 Å². The van der Waals surface area contributed by atoms with Crippen molar-refractivity contribution in [3.63, 3.8) is 0 Å². The lowest BCUT2D eigenvalue weighted by Crippen LogP contribution is -2.16. The van der Waals surface area contributed by atoms with Gasteiger partial charge in [-0.3, -0.25) is 0 Å². The van der Waals surface area contributed by atoms with E-state index in [0.717, 1.165) is 0 Å². The minimum absolute atomic E-state index is 0.395. The Morgan fingerprint density at radius 1 is 1.11 bits per heavy atom. The molecular weight excluding hydrogens is 238 g/mol. The smallest absolute Gasteiger partial charge is 0.0629 e. The number of nitrogens with one attached hydrogen (secondary N) is 1. The summed E-state index contributed by atoms with van der Waals surface area (Å²) >= 11 is 1.83. The zero-order chi connectivity index (χ0) is 13.1. The first-order valence-corrected chi connectivity index (χ1v) is 7.33. The standard InChI is InChI=1S/C16H21NS/c1-11(2)16(15-6-5-9-18-15)17-14-8-7-12(3)10-13(14)4/h5-11,16-17H,1-4H3. The lowest BCUT2D eigenvalue weighted by molar-refractivity contribution is 0.553. The lowest BCUT2D eigenvalue weighted by atomic mass is 10.0. The van der Waals surface area contributed by atoms with Crippen LogP contribution in [0.25, 0.3) is 0 Å². The molecule has 0 spiro atoms. The highest BCUT2D eigenvalue weighted by Crippen LogP contribution is 2.31. The minimum atomic E-state index is 0.395. The molecule has 0 aliphatic rings. The first-order chi connectivity index (χ1) is 8.58. The molecule has 0 radical (unpaired) electrons. The van der Waals surface area contributed by atoms with Crippen molar-refractivity contribution in [2.24, 2.45) is 5.92 Å². The fourth-order valence-electron chi connectivity index (χ4n) is 2.18. The summed E-state index contributed by atoms with van der Waals surface area (Å²) in [5, 5.41) is 5.83. The molecule has 2 rings (SSSR count). The van der Waals surface area contributed by atoms with Crippen LogP contribution in [0.5, 0.6) is 0 Å². The molecule has 0 aliphatic heterocycles. The molecule has 1 nitrogen and oxygen atoms in total. The van der Waals surface area contributed by atoms with Gasteiger partial charge in [0.2, 0.25) is 0 Å². The molecule has 1 aromatic heterocycles. The molecule has 1 unspecified atom stereocenters. The predicted molar refractivity (Wildman–Crippen MR) is 81.4 cm³/mol. The molecule has 1 heterocycles. The van der Waals surface area contributed by atoms with E-state index in [-0.39, 0.29) is 0 Å². The van der Waals surface area contributed by atoms with Gasteiger partial charge in [-0.15, -0.1) is 11.3 Å². The minimum Gasteiger partial charge on any atom is -0.377 e. The van der Waals surface area contributed by atoms with Gasteiger partial charge in [0.25, 0.3) is 0 Å². The predicted octanol–water partition coefficient (Wildman–Crippen LogP) is 5.17. The van der Waals surface area contributed by atoms with Gasteiger partial charge in [-0.05, 0) is 42.8 Å². The van der Waals surface area contributed by atoms with Crippen LogP contribution in [-0.4, -0.2) is 0 Å². The SMILES string of the molecule is Cc1ccc(NC(c2cccs2)C(C)C)c(C)c1. The van der Waals surface area contributed by atoms with Crippen molar-refractivity contribution in [2.75, 3.05) is 5.32 Å². The van der Waals surface area contributed by atoms with Gasteiger partial charge in [-0.2, -0.15) is 0 Å². The highest BCUT2D eigenvalue weighted by atomic mass is 32.1. The lowest BCUT2D eigenvalue weighted by Gasteiger charge is -2.23. The molecule has 0 aliphatic carbocycles. The van der Waals surface area contributed by atoms with Crippen molar-refractivity contribution in [2.45, 2.75) is 33.7 Å². The Morgan fingerprint density at radius 2 is 1.89 bits per heavy atom. The molecule has 2 aromatic rings. The zero-order valence-electron chi connectivity index (χ0n) is 11.5. The Hall–Kier alpha value is -1.28. The number of benzene rings is 1. The van der Waals surface area contributed by atoms with Crippen LogP contribution in [0, 0.1) is 19.8 Å². The average Bonchev–Trinajstić information content (AvgIpc) is 2.80. The molecule has 1 N–H and O–H groups in total. The van der Waals surface area contributed by atoms with Crippen LogP contribution in [0.15, 0.2) is 35.7 Å². The van der Waals surface area contributed by atoms with Crippen molar-refractivity contribution in [1.82, 2.24) is 0 Å². The maximum Gasteiger partial charge on any atom is 0.0629 e. The Morgan fingerprint density at radius 3 is 2.44 bits per heavy atom. The molecule has 0 saturated heterocycles. The molecular formula is C16H21NS. The summed E-state index contributed by atoms with van der Waals surface area (Å²) in [6.07, 6.45) is 0. The van der Waals surface area contributed by atoms with Crippen LogP contribution in [0.2, 0.25) is 0 Å². The van der Waals surface area contributed by atoms with Crippen LogP contribution in [-0.2, 0) is 0 Å². The third-order valence-corrected chi connectivity index (χ3v) is 4.16. The van der Waals surface area contributed by atoms with E-state index in [1.165, 1.54) is 21.7 Å². The zero-order valence-corrected chi connectivity index (χ0v) is 12.3. The van der Waals surface area contributed by atoms with E-state index in [1.807, 2.05) is 11.3 Å². The van der Waals surface area contributed by atoms with E-state index in [9.17, 15) is 0 Å². The number of hydrogen-bond acceptors (Lipinski definition) is 2. The van der Waals surface area contributed by atoms with Crippen molar-refractivity contribution in [1.29, 1.82) is 0 Å². The first kappa shape index (κ1) is 13.2. The summed E-state index contributed by atoms with van der Waals surface area (Å²) in [4.78, 5) is 1.41. The molecule has 0 amide bonds. The van der Waals surface area contributed by atoms with Gasteiger partial charge in [-0.1, -0.05) is 37.6 Å². The van der Waals surface area contributed by atoms with Gasteiger partial charge in [0.15, 0.2) is 0 Å². The normalized spacial score (nSPS) is 12.7. The number of anilines is 1. The van der Waals surface area contributed by atoms with E-state index in [1.54, 1.807) is 0 Å². The molecule has 0 saturated carbocycles. The summed E-state index contributed by atoms with van der Waals surface area (Å²) in [6.45, 7) is 8.83. The molecule has 1 atom stereocenters. The van der Waals surface area contributed by atoms with Crippen LogP contribution in [0.4, 0.5) is 5.69 Å². The van der Waals surface area contributed by atoms with Crippen LogP contribution in [0.1, 0.15) is 35.9 Å². The maximum atomic E-state index is 3.69. The molecule has 2 heteroatoms. The van der Waals surface area contributed by atoms with Gasteiger partial charge in [-0.25, -0.2) is 0 Å². The Kier molecular flexibility index (Phi) is 4.07. The summed E-state index contributed by atoms with van der Waals surface area (Å²) in [5.41, 5.74) is 3.88. The monoisotopic (exact) mass is 259 g/mol. The molecule has 0 bridgehead atoms. The van der Waals surface area contributed by atoms with Gasteiger partial charge in [0, 0.05) is 10.6 Å². The number of thiophene rings is 1. The quantitative estimate of drug-likeness (QED) is 0.798. The topological polar surface area (TPSA) is 12.0 Å². The van der Waals surface area contributed by atoms with Crippen molar-refractivity contribution >= 4 is 17.0 Å². The second-order valence-electron chi connectivity index (χ2n) is 5.20. The molecule has 18 heavy (non-hydrogen) atoms. The molecule has 0 fully saturated rings. The van der Waals surface area contributed by atoms with Gasteiger partial charge >= 0.3 is 0 Å². The third kappa shape index (κ3) is 2.94. The van der Waals surface area contributed by atoms with Crippen molar-refractivity contribution in [3.05, 3.63) is 51.7 Å². The van der Waals surface area contributed by atoms with Crippen LogP contribution >= 0.6 is 11.3 Å². The summed E-state index contributed by atoms with van der Waals surface area (Å²) < 4.78 is 0. The van der Waals surface area contributed by atoms with Crippen LogP contribution in [0.3, 0.4) is 0 Å². The van der Waals surface area contributed by atoms with E-state index in [2.05, 4.69) is 68.7 Å².